The lowest BCUT2D eigenvalue weighted by atomic mass is 9.94. The molecule has 0 bridgehead atoms. The highest BCUT2D eigenvalue weighted by molar-refractivity contribution is 5.84. The Hall–Kier alpha value is -2.10. The van der Waals surface area contributed by atoms with E-state index in [1.54, 1.807) is 5.56 Å². The summed E-state index contributed by atoms with van der Waals surface area (Å²) >= 11 is 0. The van der Waals surface area contributed by atoms with E-state index in [4.69, 9.17) is 0 Å². The average Bonchev–Trinajstić information content (AvgIpc) is 2.98. The molecule has 0 saturated carbocycles. The van der Waals surface area contributed by atoms with Crippen molar-refractivity contribution in [1.82, 2.24) is 14.8 Å². The van der Waals surface area contributed by atoms with Crippen LogP contribution in [0.15, 0.2) is 54.6 Å². The summed E-state index contributed by atoms with van der Waals surface area (Å²) in [5.41, 5.74) is 5.70. The number of piperazine rings is 1. The first kappa shape index (κ1) is 14.3. The Balaban J connectivity index is 1.37. The lowest BCUT2D eigenvalue weighted by molar-refractivity contribution is 0.0560. The fraction of sp³-hybridized carbons (Fsp3) is 0.333. The molecule has 3 nitrogen and oxygen atoms in total. The molecular weight excluding hydrogens is 294 g/mol. The highest BCUT2D eigenvalue weighted by Gasteiger charge is 2.33. The van der Waals surface area contributed by atoms with E-state index in [2.05, 4.69) is 69.4 Å². The van der Waals surface area contributed by atoms with Crippen LogP contribution in [0.25, 0.3) is 10.9 Å². The van der Waals surface area contributed by atoms with Crippen LogP contribution in [0.5, 0.6) is 0 Å². The molecule has 2 aromatic carbocycles. The van der Waals surface area contributed by atoms with E-state index in [0.717, 1.165) is 13.1 Å². The number of rotatable bonds is 2. The van der Waals surface area contributed by atoms with Crippen molar-refractivity contribution in [2.75, 3.05) is 19.6 Å². The molecule has 1 aromatic heterocycles. The Labute approximate surface area is 142 Å². The van der Waals surface area contributed by atoms with Gasteiger partial charge in [0, 0.05) is 55.4 Å². The minimum atomic E-state index is 0.647. The second-order valence-electron chi connectivity index (χ2n) is 7.18. The Kier molecular flexibility index (Phi) is 3.42. The van der Waals surface area contributed by atoms with Crippen LogP contribution in [-0.2, 0) is 19.5 Å². The van der Waals surface area contributed by atoms with E-state index in [1.165, 1.54) is 48.2 Å². The van der Waals surface area contributed by atoms with Crippen molar-refractivity contribution in [2.45, 2.75) is 25.6 Å². The van der Waals surface area contributed by atoms with Gasteiger partial charge in [0.1, 0.15) is 0 Å². The van der Waals surface area contributed by atoms with E-state index < -0.39 is 0 Å². The van der Waals surface area contributed by atoms with Crippen molar-refractivity contribution < 1.29 is 0 Å². The zero-order valence-corrected chi connectivity index (χ0v) is 13.9. The van der Waals surface area contributed by atoms with Gasteiger partial charge in [-0.1, -0.05) is 48.5 Å². The summed E-state index contributed by atoms with van der Waals surface area (Å²) in [6.07, 6.45) is 1.17. The molecule has 2 aliphatic rings. The summed E-state index contributed by atoms with van der Waals surface area (Å²) in [4.78, 5) is 8.93. The molecule has 24 heavy (non-hydrogen) atoms. The van der Waals surface area contributed by atoms with E-state index in [9.17, 15) is 0 Å². The Bertz CT molecular complexity index is 852. The smallest absolute Gasteiger partial charge is 0.0459 e. The maximum Gasteiger partial charge on any atom is 0.0459 e. The van der Waals surface area contributed by atoms with Crippen LogP contribution in [0.1, 0.15) is 16.8 Å². The van der Waals surface area contributed by atoms with Gasteiger partial charge in [0.15, 0.2) is 0 Å². The number of nitrogens with zero attached hydrogens (tertiary/aromatic N) is 2. The molecule has 1 saturated heterocycles. The molecule has 0 aliphatic carbocycles. The number of hydrogen-bond acceptors (Lipinski definition) is 2. The summed E-state index contributed by atoms with van der Waals surface area (Å²) in [6, 6.07) is 20.3. The molecule has 2 aliphatic heterocycles. The number of fused-ring (bicyclic) bond motifs is 4. The first-order valence-electron chi connectivity index (χ1n) is 8.95. The molecular formula is C21H23N3. The predicted octanol–water partition coefficient (Wildman–Crippen LogP) is 3.41. The quantitative estimate of drug-likeness (QED) is 0.782. The van der Waals surface area contributed by atoms with Gasteiger partial charge in [-0.3, -0.25) is 9.80 Å². The molecule has 0 unspecified atom stereocenters. The van der Waals surface area contributed by atoms with Gasteiger partial charge in [0.25, 0.3) is 0 Å². The number of para-hydroxylation sites is 1. The maximum atomic E-state index is 3.64. The summed E-state index contributed by atoms with van der Waals surface area (Å²) in [7, 11) is 0. The first-order valence-corrected chi connectivity index (χ1v) is 8.95. The lowest BCUT2D eigenvalue weighted by Crippen LogP contribution is -2.54. The van der Waals surface area contributed by atoms with E-state index >= 15 is 0 Å². The highest BCUT2D eigenvalue weighted by atomic mass is 15.3. The van der Waals surface area contributed by atoms with Crippen molar-refractivity contribution in [3.63, 3.8) is 0 Å². The molecule has 1 atom stereocenters. The van der Waals surface area contributed by atoms with E-state index in [-0.39, 0.29) is 0 Å². The number of hydrogen-bond donors (Lipinski definition) is 1. The highest BCUT2D eigenvalue weighted by Crippen LogP contribution is 2.31. The van der Waals surface area contributed by atoms with E-state index in [0.29, 0.717) is 6.04 Å². The molecule has 0 radical (unpaired) electrons. The van der Waals surface area contributed by atoms with Gasteiger partial charge in [0.2, 0.25) is 0 Å². The monoisotopic (exact) mass is 317 g/mol. The topological polar surface area (TPSA) is 22.3 Å². The second-order valence-corrected chi connectivity index (χ2v) is 7.18. The average molecular weight is 317 g/mol. The standard InChI is InChI=1S/C21H23N3/c1-2-6-16(7-3-1)13-23-10-11-24-15-21-19(12-17(24)14-23)18-8-4-5-9-20(18)22-21/h1-9,17,22H,10-15H2/t17-/m0/s1. The van der Waals surface area contributed by atoms with Gasteiger partial charge in [-0.05, 0) is 23.6 Å². The molecule has 5 rings (SSSR count). The van der Waals surface area contributed by atoms with Crippen molar-refractivity contribution in [1.29, 1.82) is 0 Å². The van der Waals surface area contributed by atoms with Crippen molar-refractivity contribution >= 4 is 10.9 Å². The van der Waals surface area contributed by atoms with Crippen LogP contribution in [0.4, 0.5) is 0 Å². The minimum absolute atomic E-state index is 0.647. The van der Waals surface area contributed by atoms with Gasteiger partial charge in [-0.2, -0.15) is 0 Å². The molecule has 1 N–H and O–H groups in total. The molecule has 3 heteroatoms. The number of aromatic nitrogens is 1. The van der Waals surface area contributed by atoms with Crippen LogP contribution in [0, 0.1) is 0 Å². The Morgan fingerprint density at radius 3 is 2.71 bits per heavy atom. The second kappa shape index (κ2) is 5.76. The van der Waals surface area contributed by atoms with Crippen molar-refractivity contribution in [2.24, 2.45) is 0 Å². The molecule has 122 valence electrons. The fourth-order valence-electron chi connectivity index (χ4n) is 4.41. The summed E-state index contributed by atoms with van der Waals surface area (Å²) in [5.74, 6) is 0. The van der Waals surface area contributed by atoms with Gasteiger partial charge in [-0.15, -0.1) is 0 Å². The normalized spacial score (nSPS) is 21.6. The fourth-order valence-corrected chi connectivity index (χ4v) is 4.41. The van der Waals surface area contributed by atoms with Crippen molar-refractivity contribution in [3.8, 4) is 0 Å². The molecule has 1 fully saturated rings. The molecule has 3 aromatic rings. The minimum Gasteiger partial charge on any atom is -0.357 e. The number of aromatic amines is 1. The molecule has 3 heterocycles. The number of H-pyrrole nitrogens is 1. The third-order valence-corrected chi connectivity index (χ3v) is 5.64. The van der Waals surface area contributed by atoms with Crippen LogP contribution in [-0.4, -0.2) is 40.5 Å². The third kappa shape index (κ3) is 2.45. The Morgan fingerprint density at radius 1 is 0.958 bits per heavy atom. The van der Waals surface area contributed by atoms with Crippen LogP contribution in [0.3, 0.4) is 0 Å². The largest absolute Gasteiger partial charge is 0.357 e. The van der Waals surface area contributed by atoms with Crippen LogP contribution >= 0.6 is 0 Å². The van der Waals surface area contributed by atoms with Crippen LogP contribution in [0.2, 0.25) is 0 Å². The summed E-state index contributed by atoms with van der Waals surface area (Å²) in [5, 5.41) is 1.42. The predicted molar refractivity (Wildman–Crippen MR) is 97.9 cm³/mol. The zero-order chi connectivity index (χ0) is 15.9. The van der Waals surface area contributed by atoms with Gasteiger partial charge in [-0.25, -0.2) is 0 Å². The zero-order valence-electron chi connectivity index (χ0n) is 13.9. The SMILES string of the molecule is c1ccc(CN2CCN3Cc4[nH]c5ccccc5c4C[C@H]3C2)cc1. The van der Waals surface area contributed by atoms with Crippen LogP contribution < -0.4 is 0 Å². The molecule has 0 amide bonds. The van der Waals surface area contributed by atoms with Gasteiger partial charge in [0.05, 0.1) is 0 Å². The number of nitrogens with one attached hydrogen (secondary N) is 1. The molecule has 0 spiro atoms. The first-order chi connectivity index (χ1) is 11.9. The van der Waals surface area contributed by atoms with Gasteiger partial charge >= 0.3 is 0 Å². The third-order valence-electron chi connectivity index (χ3n) is 5.64. The number of benzene rings is 2. The lowest BCUT2D eigenvalue weighted by Gasteiger charge is -2.44. The van der Waals surface area contributed by atoms with Gasteiger partial charge < -0.3 is 4.98 Å². The maximum absolute atomic E-state index is 3.64. The summed E-state index contributed by atoms with van der Waals surface area (Å²) < 4.78 is 0. The Morgan fingerprint density at radius 2 is 1.79 bits per heavy atom. The van der Waals surface area contributed by atoms with E-state index in [1.807, 2.05) is 0 Å². The van der Waals surface area contributed by atoms with Crippen molar-refractivity contribution in [3.05, 3.63) is 71.4 Å². The summed E-state index contributed by atoms with van der Waals surface area (Å²) in [6.45, 7) is 5.67.